The van der Waals surface area contributed by atoms with Crippen molar-refractivity contribution in [1.82, 2.24) is 15.1 Å². The first-order valence-corrected chi connectivity index (χ1v) is 6.92. The smallest absolute Gasteiger partial charge is 0.394 e. The molecule has 0 aromatic carbocycles. The lowest BCUT2D eigenvalue weighted by Crippen LogP contribution is -2.47. The summed E-state index contributed by atoms with van der Waals surface area (Å²) in [6, 6.07) is 0.383. The van der Waals surface area contributed by atoms with Crippen molar-refractivity contribution >= 4 is 0 Å². The van der Waals surface area contributed by atoms with Gasteiger partial charge in [0.2, 0.25) is 0 Å². The molecule has 3 rings (SSSR count). The van der Waals surface area contributed by atoms with Gasteiger partial charge in [-0.2, -0.15) is 18.3 Å². The molecular formula is C13H18F3N3O. The minimum atomic E-state index is -4.35. The molecule has 1 aromatic rings. The van der Waals surface area contributed by atoms with Crippen LogP contribution < -0.4 is 5.32 Å². The second-order valence-corrected chi connectivity index (χ2v) is 5.96. The molecule has 2 fully saturated rings. The van der Waals surface area contributed by atoms with Crippen molar-refractivity contribution in [3.63, 3.8) is 0 Å². The number of nitrogens with one attached hydrogen (secondary N) is 1. The van der Waals surface area contributed by atoms with Gasteiger partial charge in [-0.3, -0.25) is 4.68 Å². The zero-order chi connectivity index (χ0) is 14.4. The number of hydrogen-bond donors (Lipinski definition) is 2. The Morgan fingerprint density at radius 1 is 1.40 bits per heavy atom. The van der Waals surface area contributed by atoms with Crippen LogP contribution in [0.25, 0.3) is 0 Å². The second-order valence-electron chi connectivity index (χ2n) is 5.96. The monoisotopic (exact) mass is 289 g/mol. The average molecular weight is 289 g/mol. The number of aliphatic hydroxyl groups excluding tert-OH is 1. The summed E-state index contributed by atoms with van der Waals surface area (Å²) in [5.74, 6) is 0. The summed E-state index contributed by atoms with van der Waals surface area (Å²) in [5.41, 5.74) is -1.06. The molecule has 2 unspecified atom stereocenters. The number of aliphatic hydroxyl groups is 1. The molecule has 2 aliphatic carbocycles. The van der Waals surface area contributed by atoms with E-state index in [1.54, 1.807) is 0 Å². The molecule has 4 nitrogen and oxygen atoms in total. The number of rotatable bonds is 4. The van der Waals surface area contributed by atoms with E-state index in [1.165, 1.54) is 4.68 Å². The van der Waals surface area contributed by atoms with E-state index < -0.39 is 11.7 Å². The third-order valence-corrected chi connectivity index (χ3v) is 4.28. The fourth-order valence-corrected chi connectivity index (χ4v) is 2.99. The lowest BCUT2D eigenvalue weighted by atomic mass is 9.98. The molecule has 112 valence electrons. The summed E-state index contributed by atoms with van der Waals surface area (Å²) in [6.07, 6.45) is 1.95. The van der Waals surface area contributed by atoms with Crippen molar-refractivity contribution < 1.29 is 18.3 Å². The Kier molecular flexibility index (Phi) is 3.29. The number of hydrogen-bond acceptors (Lipinski definition) is 3. The van der Waals surface area contributed by atoms with Gasteiger partial charge in [0.05, 0.1) is 24.4 Å². The van der Waals surface area contributed by atoms with E-state index in [-0.39, 0.29) is 18.2 Å². The zero-order valence-corrected chi connectivity index (χ0v) is 11.0. The van der Waals surface area contributed by atoms with Gasteiger partial charge in [-0.15, -0.1) is 0 Å². The second kappa shape index (κ2) is 4.73. The lowest BCUT2D eigenvalue weighted by Gasteiger charge is -2.28. The van der Waals surface area contributed by atoms with Crippen LogP contribution in [0.5, 0.6) is 0 Å². The van der Waals surface area contributed by atoms with Crippen LogP contribution in [-0.2, 0) is 6.18 Å². The maximum Gasteiger partial charge on any atom is 0.419 e. The predicted molar refractivity (Wildman–Crippen MR) is 66.1 cm³/mol. The van der Waals surface area contributed by atoms with Gasteiger partial charge in [0.1, 0.15) is 0 Å². The van der Waals surface area contributed by atoms with Crippen molar-refractivity contribution in [1.29, 1.82) is 0 Å². The molecule has 1 aromatic heterocycles. The molecule has 2 saturated carbocycles. The topological polar surface area (TPSA) is 50.1 Å². The van der Waals surface area contributed by atoms with Crippen LogP contribution in [0.3, 0.4) is 0 Å². The van der Waals surface area contributed by atoms with E-state index in [1.807, 2.05) is 0 Å². The summed E-state index contributed by atoms with van der Waals surface area (Å²) in [6.45, 7) is 0.0212. The summed E-state index contributed by atoms with van der Waals surface area (Å²) >= 11 is 0. The Morgan fingerprint density at radius 2 is 2.15 bits per heavy atom. The number of nitrogens with zero attached hydrogens (tertiary/aromatic N) is 2. The first-order chi connectivity index (χ1) is 9.42. The highest BCUT2D eigenvalue weighted by molar-refractivity contribution is 5.10. The first kappa shape index (κ1) is 13.9. The summed E-state index contributed by atoms with van der Waals surface area (Å²) in [5, 5.41) is 16.9. The molecule has 0 aliphatic heterocycles. The Labute approximate surface area is 115 Å². The Morgan fingerprint density at radius 3 is 2.70 bits per heavy atom. The molecule has 1 heterocycles. The Hall–Kier alpha value is -1.08. The van der Waals surface area contributed by atoms with Crippen molar-refractivity contribution in [2.24, 2.45) is 0 Å². The largest absolute Gasteiger partial charge is 0.419 e. The van der Waals surface area contributed by atoms with Gasteiger partial charge < -0.3 is 10.4 Å². The van der Waals surface area contributed by atoms with Crippen molar-refractivity contribution in [2.45, 2.75) is 55.9 Å². The van der Waals surface area contributed by atoms with Gasteiger partial charge >= 0.3 is 6.18 Å². The van der Waals surface area contributed by atoms with Gasteiger partial charge in [0.15, 0.2) is 0 Å². The van der Waals surface area contributed by atoms with Crippen LogP contribution in [0.2, 0.25) is 0 Å². The SMILES string of the molecule is OCC1(NC2CC2)CCC(n2cc(C(F)(F)F)cn2)C1. The fourth-order valence-electron chi connectivity index (χ4n) is 2.99. The molecule has 2 aliphatic rings. The molecule has 7 heteroatoms. The number of aromatic nitrogens is 2. The summed E-state index contributed by atoms with van der Waals surface area (Å²) in [7, 11) is 0. The maximum absolute atomic E-state index is 12.6. The number of alkyl halides is 3. The molecule has 2 N–H and O–H groups in total. The van der Waals surface area contributed by atoms with Crippen molar-refractivity contribution in [2.75, 3.05) is 6.61 Å². The molecular weight excluding hydrogens is 271 g/mol. The van der Waals surface area contributed by atoms with Gasteiger partial charge in [-0.1, -0.05) is 0 Å². The molecule has 20 heavy (non-hydrogen) atoms. The Balaban J connectivity index is 1.71. The lowest BCUT2D eigenvalue weighted by molar-refractivity contribution is -0.137. The first-order valence-electron chi connectivity index (χ1n) is 6.92. The van der Waals surface area contributed by atoms with Crippen LogP contribution in [0.1, 0.15) is 43.7 Å². The van der Waals surface area contributed by atoms with Gasteiger partial charge in [0, 0.05) is 17.8 Å². The predicted octanol–water partition coefficient (Wildman–Crippen LogP) is 2.11. The molecule has 0 spiro atoms. The maximum atomic E-state index is 12.6. The van der Waals surface area contributed by atoms with Crippen LogP contribution in [0.15, 0.2) is 12.4 Å². The highest BCUT2D eigenvalue weighted by Crippen LogP contribution is 2.40. The number of halogens is 3. The molecule has 2 atom stereocenters. The fraction of sp³-hybridized carbons (Fsp3) is 0.769. The van der Waals surface area contributed by atoms with Crippen LogP contribution in [-0.4, -0.2) is 33.1 Å². The van der Waals surface area contributed by atoms with Crippen molar-refractivity contribution in [3.05, 3.63) is 18.0 Å². The van der Waals surface area contributed by atoms with Gasteiger partial charge in [-0.05, 0) is 32.1 Å². The minimum Gasteiger partial charge on any atom is -0.394 e. The van der Waals surface area contributed by atoms with Crippen LogP contribution >= 0.6 is 0 Å². The highest BCUT2D eigenvalue weighted by Gasteiger charge is 2.43. The summed E-state index contributed by atoms with van der Waals surface area (Å²) in [4.78, 5) is 0. The zero-order valence-electron chi connectivity index (χ0n) is 11.0. The van der Waals surface area contributed by atoms with E-state index in [0.29, 0.717) is 12.5 Å². The standard InChI is InChI=1S/C13H18F3N3O/c14-13(15,16)9-6-17-19(7-9)11-3-4-12(5-11,8-20)18-10-1-2-10/h6-7,10-11,18,20H,1-5,8H2. The van der Waals surface area contributed by atoms with E-state index >= 15 is 0 Å². The van der Waals surface area contributed by atoms with E-state index in [4.69, 9.17) is 0 Å². The third-order valence-electron chi connectivity index (χ3n) is 4.28. The van der Waals surface area contributed by atoms with Crippen LogP contribution in [0.4, 0.5) is 13.2 Å². The quantitative estimate of drug-likeness (QED) is 0.892. The Bertz CT molecular complexity index is 483. The van der Waals surface area contributed by atoms with E-state index in [0.717, 1.165) is 38.1 Å². The third kappa shape index (κ3) is 2.69. The van der Waals surface area contributed by atoms with E-state index in [9.17, 15) is 18.3 Å². The highest BCUT2D eigenvalue weighted by atomic mass is 19.4. The van der Waals surface area contributed by atoms with E-state index in [2.05, 4.69) is 10.4 Å². The minimum absolute atomic E-state index is 0.0212. The van der Waals surface area contributed by atoms with Gasteiger partial charge in [-0.25, -0.2) is 0 Å². The normalized spacial score (nSPS) is 30.9. The van der Waals surface area contributed by atoms with Crippen molar-refractivity contribution in [3.8, 4) is 0 Å². The molecule has 0 amide bonds. The molecule has 0 bridgehead atoms. The summed E-state index contributed by atoms with van der Waals surface area (Å²) < 4.78 is 39.1. The van der Waals surface area contributed by atoms with Crippen LogP contribution in [0, 0.1) is 0 Å². The average Bonchev–Trinajstić information content (AvgIpc) is 2.92. The molecule has 0 saturated heterocycles. The molecule has 0 radical (unpaired) electrons. The van der Waals surface area contributed by atoms with Gasteiger partial charge in [0.25, 0.3) is 0 Å².